The van der Waals surface area contributed by atoms with E-state index in [2.05, 4.69) is 10.3 Å². The quantitative estimate of drug-likeness (QED) is 0.505. The van der Waals surface area contributed by atoms with Crippen molar-refractivity contribution in [3.8, 4) is 0 Å². The molecule has 0 radical (unpaired) electrons. The van der Waals surface area contributed by atoms with Crippen LogP contribution in [0.3, 0.4) is 0 Å². The summed E-state index contributed by atoms with van der Waals surface area (Å²) in [7, 11) is -4.72. The number of hydrogen-bond acceptors (Lipinski definition) is 7. The highest BCUT2D eigenvalue weighted by Crippen LogP contribution is 2.25. The van der Waals surface area contributed by atoms with Gasteiger partial charge in [0.25, 0.3) is 15.6 Å². The molecule has 2 N–H and O–H groups in total. The highest BCUT2D eigenvalue weighted by atomic mass is 35.5. The topological polar surface area (TPSA) is 144 Å². The van der Waals surface area contributed by atoms with Crippen LogP contribution >= 0.6 is 11.6 Å². The molecular weight excluding hydrogens is 486 g/mol. The molecule has 2 aromatic carbocycles. The Morgan fingerprint density at radius 2 is 1.79 bits per heavy atom. The molecular formula is C22H22ClN3O7S. The van der Waals surface area contributed by atoms with E-state index in [1.54, 1.807) is 27.7 Å². The number of aromatic amines is 1. The predicted molar refractivity (Wildman–Crippen MR) is 127 cm³/mol. The molecule has 3 aromatic rings. The van der Waals surface area contributed by atoms with E-state index < -0.39 is 43.6 Å². The minimum Gasteiger partial charge on any atom is -0.456 e. The van der Waals surface area contributed by atoms with Gasteiger partial charge in [-0.3, -0.25) is 9.59 Å². The van der Waals surface area contributed by atoms with E-state index in [1.807, 2.05) is 0 Å². The summed E-state index contributed by atoms with van der Waals surface area (Å²) in [5.74, 6) is -1.28. The van der Waals surface area contributed by atoms with Crippen LogP contribution in [0, 0.1) is 0 Å². The van der Waals surface area contributed by atoms with Gasteiger partial charge in [-0.15, -0.1) is 3.97 Å². The fraction of sp³-hybridized carbons (Fsp3) is 0.273. The molecule has 0 fully saturated rings. The Balaban J connectivity index is 2.21. The second-order valence-electron chi connectivity index (χ2n) is 8.31. The van der Waals surface area contributed by atoms with Gasteiger partial charge in [0.05, 0.1) is 27.0 Å². The summed E-state index contributed by atoms with van der Waals surface area (Å²) >= 11 is 5.88. The molecule has 1 amide bonds. The van der Waals surface area contributed by atoms with Crippen LogP contribution in [0.4, 0.5) is 5.69 Å². The third-order valence-electron chi connectivity index (χ3n) is 4.57. The zero-order chi connectivity index (χ0) is 25.4. The molecule has 0 bridgehead atoms. The number of rotatable bonds is 5. The number of halogens is 1. The third-order valence-corrected chi connectivity index (χ3v) is 6.46. The summed E-state index contributed by atoms with van der Waals surface area (Å²) in [5, 5.41) is 2.64. The number of anilines is 1. The summed E-state index contributed by atoms with van der Waals surface area (Å²) in [4.78, 5) is 51.9. The van der Waals surface area contributed by atoms with E-state index in [1.165, 1.54) is 18.2 Å². The number of amides is 1. The number of fused-ring (bicyclic) bond motifs is 1. The first-order valence-corrected chi connectivity index (χ1v) is 11.9. The van der Waals surface area contributed by atoms with Crippen LogP contribution in [-0.2, 0) is 19.6 Å². The van der Waals surface area contributed by atoms with Crippen LogP contribution in [0.2, 0.25) is 5.02 Å². The molecule has 0 atom stereocenters. The van der Waals surface area contributed by atoms with Crippen molar-refractivity contribution < 1.29 is 22.7 Å². The van der Waals surface area contributed by atoms with Crippen molar-refractivity contribution in [1.29, 1.82) is 0 Å². The Morgan fingerprint density at radius 1 is 1.12 bits per heavy atom. The second kappa shape index (κ2) is 9.07. The zero-order valence-electron chi connectivity index (χ0n) is 18.8. The number of aromatic nitrogens is 2. The molecule has 34 heavy (non-hydrogen) atoms. The molecule has 0 aliphatic rings. The molecule has 0 unspecified atom stereocenters. The summed E-state index contributed by atoms with van der Waals surface area (Å²) in [6, 6.07) is 7.19. The smallest absolute Gasteiger partial charge is 0.343 e. The number of ether oxygens (including phenoxy) is 1. The van der Waals surface area contributed by atoms with Crippen LogP contribution in [0.1, 0.15) is 44.5 Å². The first-order valence-electron chi connectivity index (χ1n) is 10.1. The van der Waals surface area contributed by atoms with Gasteiger partial charge in [-0.2, -0.15) is 0 Å². The van der Waals surface area contributed by atoms with Gasteiger partial charge in [0.1, 0.15) is 5.60 Å². The third kappa shape index (κ3) is 5.05. The molecule has 1 aromatic heterocycles. The first kappa shape index (κ1) is 25.2. The van der Waals surface area contributed by atoms with Gasteiger partial charge in [-0.05, 0) is 57.2 Å². The van der Waals surface area contributed by atoms with Crippen molar-refractivity contribution in [2.45, 2.75) is 44.6 Å². The van der Waals surface area contributed by atoms with E-state index in [-0.39, 0.29) is 37.6 Å². The summed E-state index contributed by atoms with van der Waals surface area (Å²) in [6.45, 7) is 6.53. The normalized spacial score (nSPS) is 11.9. The fourth-order valence-electron chi connectivity index (χ4n) is 3.03. The second-order valence-corrected chi connectivity index (χ2v) is 10.5. The van der Waals surface area contributed by atoms with Crippen LogP contribution < -0.4 is 16.6 Å². The van der Waals surface area contributed by atoms with Gasteiger partial charge in [0, 0.05) is 11.4 Å². The number of benzene rings is 2. The fourth-order valence-corrected chi connectivity index (χ4v) is 4.50. The van der Waals surface area contributed by atoms with E-state index in [4.69, 9.17) is 16.3 Å². The van der Waals surface area contributed by atoms with Gasteiger partial charge >= 0.3 is 11.7 Å². The summed E-state index contributed by atoms with van der Waals surface area (Å²) in [5.41, 5.74) is -3.28. The SMILES string of the molecule is CCC(=O)Nc1cc(S(=O)(=O)n2c(=O)[nH]c3cc(Cl)ccc3c2=O)ccc1C(=O)OC(C)(C)C. The number of nitrogens with zero attached hydrogens (tertiary/aromatic N) is 1. The Hall–Kier alpha value is -3.44. The Morgan fingerprint density at radius 3 is 2.41 bits per heavy atom. The minimum absolute atomic E-state index is 0.0527. The molecule has 10 nitrogen and oxygen atoms in total. The van der Waals surface area contributed by atoms with E-state index in [0.717, 1.165) is 18.2 Å². The van der Waals surface area contributed by atoms with Crippen molar-refractivity contribution in [2.24, 2.45) is 0 Å². The van der Waals surface area contributed by atoms with Crippen molar-refractivity contribution >= 4 is 50.1 Å². The minimum atomic E-state index is -4.72. The van der Waals surface area contributed by atoms with Crippen molar-refractivity contribution in [3.63, 3.8) is 0 Å². The molecule has 0 saturated heterocycles. The van der Waals surface area contributed by atoms with Crippen LogP contribution in [0.25, 0.3) is 10.9 Å². The lowest BCUT2D eigenvalue weighted by molar-refractivity contribution is -0.115. The Kier molecular flexibility index (Phi) is 6.72. The van der Waals surface area contributed by atoms with Crippen LogP contribution in [0.15, 0.2) is 50.9 Å². The molecule has 3 rings (SSSR count). The van der Waals surface area contributed by atoms with Gasteiger partial charge in [0.15, 0.2) is 0 Å². The number of hydrogen-bond donors (Lipinski definition) is 2. The van der Waals surface area contributed by atoms with E-state index >= 15 is 0 Å². The number of H-pyrrole nitrogens is 1. The maximum atomic E-state index is 13.3. The summed E-state index contributed by atoms with van der Waals surface area (Å²) < 4.78 is 32.0. The largest absolute Gasteiger partial charge is 0.456 e. The van der Waals surface area contributed by atoms with Crippen LogP contribution in [0.5, 0.6) is 0 Å². The Bertz CT molecular complexity index is 1530. The lowest BCUT2D eigenvalue weighted by Crippen LogP contribution is -2.40. The monoisotopic (exact) mass is 507 g/mol. The average molecular weight is 508 g/mol. The highest BCUT2D eigenvalue weighted by Gasteiger charge is 2.27. The van der Waals surface area contributed by atoms with Crippen LogP contribution in [-0.4, -0.2) is 34.9 Å². The van der Waals surface area contributed by atoms with Crippen molar-refractivity contribution in [2.75, 3.05) is 5.32 Å². The Labute approximate surface area is 199 Å². The zero-order valence-corrected chi connectivity index (χ0v) is 20.3. The standard InChI is InChI=1S/C22H22ClN3O7S/c1-5-18(27)24-17-11-13(7-9-15(17)20(29)33-22(2,3)4)34(31,32)26-19(28)14-8-6-12(23)10-16(14)25-21(26)30/h6-11H,5H2,1-4H3,(H,24,27)(H,25,30). The van der Waals surface area contributed by atoms with E-state index in [0.29, 0.717) is 0 Å². The van der Waals surface area contributed by atoms with Crippen molar-refractivity contribution in [3.05, 3.63) is 67.8 Å². The highest BCUT2D eigenvalue weighted by molar-refractivity contribution is 7.90. The average Bonchev–Trinajstić information content (AvgIpc) is 2.71. The number of nitrogens with one attached hydrogen (secondary N) is 2. The molecule has 0 saturated carbocycles. The van der Waals surface area contributed by atoms with Crippen molar-refractivity contribution in [1.82, 2.24) is 8.96 Å². The lowest BCUT2D eigenvalue weighted by Gasteiger charge is -2.21. The number of carbonyl (C=O) groups excluding carboxylic acids is 2. The van der Waals surface area contributed by atoms with Gasteiger partial charge < -0.3 is 15.0 Å². The van der Waals surface area contributed by atoms with Gasteiger partial charge in [0.2, 0.25) is 5.91 Å². The predicted octanol–water partition coefficient (Wildman–Crippen LogP) is 2.88. The molecule has 0 aliphatic heterocycles. The molecule has 12 heteroatoms. The number of esters is 1. The molecule has 0 aliphatic carbocycles. The molecule has 180 valence electrons. The van der Waals surface area contributed by atoms with Gasteiger partial charge in [-0.25, -0.2) is 18.0 Å². The maximum absolute atomic E-state index is 13.3. The van der Waals surface area contributed by atoms with Gasteiger partial charge in [-0.1, -0.05) is 18.5 Å². The lowest BCUT2D eigenvalue weighted by atomic mass is 10.1. The molecule has 1 heterocycles. The first-order chi connectivity index (χ1) is 15.7. The summed E-state index contributed by atoms with van der Waals surface area (Å²) in [6.07, 6.45) is 0.0527. The molecule has 0 spiro atoms. The number of carbonyl (C=O) groups is 2. The maximum Gasteiger partial charge on any atom is 0.343 e. The van der Waals surface area contributed by atoms with E-state index in [9.17, 15) is 27.6 Å².